The Balaban J connectivity index is 0.00000205. The quantitative estimate of drug-likeness (QED) is 0.514. The number of nitrogens with zero attached hydrogens (tertiary/aromatic N) is 3. The molecular weight excluding hydrogens is 394 g/mol. The molecule has 0 unspecified atom stereocenters. The van der Waals surface area contributed by atoms with Gasteiger partial charge in [-0.15, -0.1) is 12.4 Å². The Morgan fingerprint density at radius 1 is 1.07 bits per heavy atom. The van der Waals surface area contributed by atoms with Crippen LogP contribution in [0, 0.1) is 0 Å². The third-order valence-corrected chi connectivity index (χ3v) is 5.45. The molecule has 0 radical (unpaired) electrons. The fraction of sp³-hybridized carbons (Fsp3) is 0.286. The molecule has 7 nitrogen and oxygen atoms in total. The molecule has 2 aromatic heterocycles. The van der Waals surface area contributed by atoms with Gasteiger partial charge in [-0.3, -0.25) is 18.6 Å². The van der Waals surface area contributed by atoms with E-state index >= 15 is 0 Å². The minimum absolute atomic E-state index is 0. The zero-order chi connectivity index (χ0) is 19.6. The predicted molar refractivity (Wildman–Crippen MR) is 114 cm³/mol. The monoisotopic (exact) mass is 413 g/mol. The molecule has 0 atom stereocenters. The Morgan fingerprint density at radius 3 is 2.59 bits per heavy atom. The van der Waals surface area contributed by atoms with Gasteiger partial charge < -0.3 is 9.64 Å². The number of carbonyl (C=O) groups excluding carboxylic acids is 1. The highest BCUT2D eigenvalue weighted by atomic mass is 35.5. The van der Waals surface area contributed by atoms with E-state index in [1.54, 1.807) is 22.6 Å². The van der Waals surface area contributed by atoms with Crippen LogP contribution >= 0.6 is 12.4 Å². The van der Waals surface area contributed by atoms with E-state index in [1.165, 1.54) is 4.57 Å². The van der Waals surface area contributed by atoms with Crippen molar-refractivity contribution in [2.45, 2.75) is 13.0 Å². The van der Waals surface area contributed by atoms with Crippen LogP contribution in [0.15, 0.2) is 39.9 Å². The molecule has 1 aliphatic rings. The lowest BCUT2D eigenvalue weighted by molar-refractivity contribution is 0.0935. The summed E-state index contributed by atoms with van der Waals surface area (Å²) in [4.78, 5) is 40.6. The molecule has 0 saturated carbocycles. The van der Waals surface area contributed by atoms with Gasteiger partial charge in [-0.2, -0.15) is 0 Å². The zero-order valence-corrected chi connectivity index (χ0v) is 16.9. The summed E-state index contributed by atoms with van der Waals surface area (Å²) in [5, 5.41) is 1.97. The second-order valence-electron chi connectivity index (χ2n) is 7.44. The highest BCUT2D eigenvalue weighted by Crippen LogP contribution is 2.39. The van der Waals surface area contributed by atoms with Crippen molar-refractivity contribution in [1.29, 1.82) is 0 Å². The second-order valence-corrected chi connectivity index (χ2v) is 7.44. The maximum atomic E-state index is 13.3. The van der Waals surface area contributed by atoms with Gasteiger partial charge in [0.05, 0.1) is 34.0 Å². The first-order valence-corrected chi connectivity index (χ1v) is 9.26. The summed E-state index contributed by atoms with van der Waals surface area (Å²) in [5.41, 5.74) is 1.11. The second kappa shape index (κ2) is 6.86. The maximum absolute atomic E-state index is 13.3. The average Bonchev–Trinajstić information content (AvgIpc) is 3.02. The molecule has 2 aromatic carbocycles. The van der Waals surface area contributed by atoms with Crippen molar-refractivity contribution in [2.24, 2.45) is 0 Å². The molecule has 4 aromatic rings. The summed E-state index contributed by atoms with van der Waals surface area (Å²) >= 11 is 0. The number of hydrogen-bond donors (Lipinski definition) is 0. The summed E-state index contributed by atoms with van der Waals surface area (Å²) in [6, 6.07) is 8.92. The normalized spacial score (nSPS) is 13.8. The van der Waals surface area contributed by atoms with Crippen molar-refractivity contribution < 1.29 is 9.53 Å². The third kappa shape index (κ3) is 2.65. The number of ketones is 1. The van der Waals surface area contributed by atoms with Crippen LogP contribution in [0.1, 0.15) is 16.8 Å². The van der Waals surface area contributed by atoms with E-state index < -0.39 is 0 Å². The van der Waals surface area contributed by atoms with Crippen LogP contribution in [-0.4, -0.2) is 46.9 Å². The van der Waals surface area contributed by atoms with Crippen molar-refractivity contribution in [2.75, 3.05) is 27.2 Å². The Morgan fingerprint density at radius 2 is 1.83 bits per heavy atom. The van der Waals surface area contributed by atoms with Gasteiger partial charge in [0.15, 0.2) is 5.78 Å². The molecule has 29 heavy (non-hydrogen) atoms. The molecule has 3 heterocycles. The molecule has 0 spiro atoms. The summed E-state index contributed by atoms with van der Waals surface area (Å²) in [7, 11) is 3.80. The number of rotatable bonds is 3. The van der Waals surface area contributed by atoms with Gasteiger partial charge in [-0.1, -0.05) is 12.1 Å². The van der Waals surface area contributed by atoms with Gasteiger partial charge >= 0.3 is 5.69 Å². The first-order chi connectivity index (χ1) is 13.5. The first kappa shape index (κ1) is 19.4. The van der Waals surface area contributed by atoms with E-state index in [9.17, 15) is 14.4 Å². The highest BCUT2D eigenvalue weighted by molar-refractivity contribution is 6.18. The Bertz CT molecular complexity index is 1390. The first-order valence-electron chi connectivity index (χ1n) is 9.26. The number of carbonyl (C=O) groups is 1. The number of halogens is 1. The van der Waals surface area contributed by atoms with Gasteiger partial charge in [0, 0.05) is 24.9 Å². The number of Topliss-reactive ketones (excluding diaryl/α,β-unsaturated/α-hetero) is 1. The van der Waals surface area contributed by atoms with Crippen molar-refractivity contribution in [1.82, 2.24) is 13.9 Å². The number of ether oxygens (including phenoxy) is 1. The van der Waals surface area contributed by atoms with Gasteiger partial charge in [-0.05, 0) is 32.3 Å². The minimum Gasteiger partial charge on any atom is -0.492 e. The summed E-state index contributed by atoms with van der Waals surface area (Å²) < 4.78 is 8.72. The van der Waals surface area contributed by atoms with Crippen molar-refractivity contribution in [3.05, 3.63) is 56.7 Å². The lowest BCUT2D eigenvalue weighted by Crippen LogP contribution is -2.39. The van der Waals surface area contributed by atoms with Crippen LogP contribution in [0.2, 0.25) is 0 Å². The van der Waals surface area contributed by atoms with Crippen LogP contribution in [-0.2, 0) is 6.54 Å². The average molecular weight is 414 g/mol. The molecule has 150 valence electrons. The smallest absolute Gasteiger partial charge is 0.336 e. The van der Waals surface area contributed by atoms with E-state index in [4.69, 9.17) is 4.74 Å². The fourth-order valence-electron chi connectivity index (χ4n) is 4.10. The lowest BCUT2D eigenvalue weighted by atomic mass is 10.0. The summed E-state index contributed by atoms with van der Waals surface area (Å²) in [5.74, 6) is 0.543. The predicted octanol–water partition coefficient (Wildman–Crippen LogP) is 2.15. The summed E-state index contributed by atoms with van der Waals surface area (Å²) in [6.45, 7) is 1.20. The molecule has 0 amide bonds. The SMILES string of the molecule is CN(C)CCn1c(=O)c2cccc3c4c5c(ccc4n(c1=O)c23)C(=O)CCO5.Cl. The van der Waals surface area contributed by atoms with E-state index in [1.807, 2.05) is 31.1 Å². The Labute approximate surface area is 171 Å². The Kier molecular flexibility index (Phi) is 4.59. The van der Waals surface area contributed by atoms with Crippen LogP contribution in [0.3, 0.4) is 0 Å². The van der Waals surface area contributed by atoms with E-state index in [2.05, 4.69) is 0 Å². The van der Waals surface area contributed by atoms with Gasteiger partial charge in [0.2, 0.25) is 0 Å². The number of para-hydroxylation sites is 1. The molecule has 0 aliphatic carbocycles. The van der Waals surface area contributed by atoms with Crippen molar-refractivity contribution in [3.63, 3.8) is 0 Å². The number of hydrogen-bond acceptors (Lipinski definition) is 5. The maximum Gasteiger partial charge on any atom is 0.336 e. The minimum atomic E-state index is -0.368. The van der Waals surface area contributed by atoms with Gasteiger partial charge in [0.1, 0.15) is 5.75 Å². The fourth-order valence-corrected chi connectivity index (χ4v) is 4.10. The third-order valence-electron chi connectivity index (χ3n) is 5.45. The van der Waals surface area contributed by atoms with Gasteiger partial charge in [0.25, 0.3) is 5.56 Å². The van der Waals surface area contributed by atoms with Gasteiger partial charge in [-0.25, -0.2) is 4.79 Å². The van der Waals surface area contributed by atoms with Crippen LogP contribution in [0.4, 0.5) is 0 Å². The molecule has 5 rings (SSSR count). The molecular formula is C21H20ClN3O4. The molecule has 0 bridgehead atoms. The number of benzene rings is 2. The molecule has 0 saturated heterocycles. The topological polar surface area (TPSA) is 73.0 Å². The van der Waals surface area contributed by atoms with Crippen LogP contribution in [0.5, 0.6) is 5.75 Å². The largest absolute Gasteiger partial charge is 0.492 e. The Hall–Kier alpha value is -2.90. The molecule has 0 fully saturated rings. The summed E-state index contributed by atoms with van der Waals surface area (Å²) in [6.07, 6.45) is 0.345. The number of likely N-dealkylation sites (N-methyl/N-ethyl adjacent to an activating group) is 1. The van der Waals surface area contributed by atoms with Crippen molar-refractivity contribution >= 4 is 45.4 Å². The molecule has 1 aliphatic heterocycles. The van der Waals surface area contributed by atoms with Crippen molar-refractivity contribution in [3.8, 4) is 5.75 Å². The number of aromatic nitrogens is 2. The van der Waals surface area contributed by atoms with E-state index in [0.717, 1.165) is 10.8 Å². The van der Waals surface area contributed by atoms with E-state index in [-0.39, 0.29) is 29.4 Å². The standard InChI is InChI=1S/C21H19N3O4.ClH/c1-22(2)9-10-23-20(26)14-5-3-4-13-17-15(24(18(13)14)21(23)27)7-6-12-16(25)8-11-28-19(12)17;/h3-7H,8-11H2,1-2H3;1H. The lowest BCUT2D eigenvalue weighted by Gasteiger charge is -2.17. The molecule has 0 N–H and O–H groups in total. The van der Waals surface area contributed by atoms with E-state index in [0.29, 0.717) is 53.8 Å². The zero-order valence-electron chi connectivity index (χ0n) is 16.1. The number of fused-ring (bicyclic) bond motifs is 5. The van der Waals surface area contributed by atoms with Crippen LogP contribution in [0.25, 0.3) is 27.2 Å². The highest BCUT2D eigenvalue weighted by Gasteiger charge is 2.26. The van der Waals surface area contributed by atoms with Crippen LogP contribution < -0.4 is 16.0 Å². The molecule has 8 heteroatoms.